The molecule has 0 bridgehead atoms. The maximum absolute atomic E-state index is 10.2. The van der Waals surface area contributed by atoms with Gasteiger partial charge in [0.2, 0.25) is 0 Å². The van der Waals surface area contributed by atoms with Gasteiger partial charge in [0, 0.05) is 12.5 Å². The Kier molecular flexibility index (Phi) is 4.85. The standard InChI is InChI=1S/C10H20O7/c1-5(12)6(2-3-11)10(16)9(15)8(14)7(13)4-17-10/h5-9,11-16H,2-4H2,1H3/t5?,6?,7-,8+,9-,10-/m1/s1. The summed E-state index contributed by atoms with van der Waals surface area (Å²) in [5, 5.41) is 57.1. The first-order chi connectivity index (χ1) is 7.84. The second-order valence-electron chi connectivity index (χ2n) is 4.43. The Labute approximate surface area is 98.9 Å². The number of aliphatic hydroxyl groups excluding tert-OH is 5. The predicted molar refractivity (Wildman–Crippen MR) is 55.8 cm³/mol. The van der Waals surface area contributed by atoms with E-state index in [1.807, 2.05) is 0 Å². The number of ether oxygens (including phenoxy) is 1. The molecule has 0 aromatic carbocycles. The molecule has 1 rings (SSSR count). The minimum Gasteiger partial charge on any atom is -0.396 e. The van der Waals surface area contributed by atoms with Gasteiger partial charge in [0.25, 0.3) is 0 Å². The molecule has 1 fully saturated rings. The van der Waals surface area contributed by atoms with Crippen LogP contribution in [0.5, 0.6) is 0 Å². The van der Waals surface area contributed by atoms with Crippen LogP contribution in [0.15, 0.2) is 0 Å². The van der Waals surface area contributed by atoms with Crippen molar-refractivity contribution in [2.45, 2.75) is 43.5 Å². The van der Waals surface area contributed by atoms with E-state index in [0.29, 0.717) is 0 Å². The molecular formula is C10H20O7. The molecule has 6 atom stereocenters. The minimum atomic E-state index is -2.18. The summed E-state index contributed by atoms with van der Waals surface area (Å²) in [5.41, 5.74) is 0. The molecule has 17 heavy (non-hydrogen) atoms. The summed E-state index contributed by atoms with van der Waals surface area (Å²) in [6.45, 7) is 0.710. The van der Waals surface area contributed by atoms with Crippen molar-refractivity contribution in [3.8, 4) is 0 Å². The van der Waals surface area contributed by atoms with Gasteiger partial charge in [0.05, 0.1) is 12.7 Å². The third kappa shape index (κ3) is 2.76. The first-order valence-corrected chi connectivity index (χ1v) is 5.54. The first kappa shape index (κ1) is 14.8. The van der Waals surface area contributed by atoms with Crippen LogP contribution in [0.1, 0.15) is 13.3 Å². The van der Waals surface area contributed by atoms with Gasteiger partial charge in [0.1, 0.15) is 18.3 Å². The van der Waals surface area contributed by atoms with Crippen LogP contribution >= 0.6 is 0 Å². The Morgan fingerprint density at radius 1 is 1.35 bits per heavy atom. The summed E-state index contributed by atoms with van der Waals surface area (Å²) in [7, 11) is 0. The fraction of sp³-hybridized carbons (Fsp3) is 1.00. The lowest BCUT2D eigenvalue weighted by Crippen LogP contribution is -2.65. The maximum atomic E-state index is 10.2. The molecule has 1 aliphatic heterocycles. The van der Waals surface area contributed by atoms with Gasteiger partial charge < -0.3 is 35.4 Å². The average Bonchev–Trinajstić information content (AvgIpc) is 2.28. The van der Waals surface area contributed by atoms with Crippen LogP contribution in [0.2, 0.25) is 0 Å². The van der Waals surface area contributed by atoms with Crippen molar-refractivity contribution in [3.63, 3.8) is 0 Å². The van der Waals surface area contributed by atoms with Crippen LogP contribution in [0.4, 0.5) is 0 Å². The van der Waals surface area contributed by atoms with E-state index in [-0.39, 0.29) is 19.6 Å². The van der Waals surface area contributed by atoms with Gasteiger partial charge in [-0.25, -0.2) is 0 Å². The van der Waals surface area contributed by atoms with E-state index in [0.717, 1.165) is 0 Å². The molecule has 6 N–H and O–H groups in total. The molecule has 102 valence electrons. The van der Waals surface area contributed by atoms with E-state index in [1.54, 1.807) is 0 Å². The van der Waals surface area contributed by atoms with Crippen LogP contribution in [-0.4, -0.2) is 74.1 Å². The fourth-order valence-electron chi connectivity index (χ4n) is 2.12. The molecular weight excluding hydrogens is 232 g/mol. The topological polar surface area (TPSA) is 131 Å². The number of rotatable bonds is 4. The van der Waals surface area contributed by atoms with Crippen molar-refractivity contribution >= 4 is 0 Å². The molecule has 2 unspecified atom stereocenters. The Balaban J connectivity index is 2.90. The quantitative estimate of drug-likeness (QED) is 0.318. The maximum Gasteiger partial charge on any atom is 0.200 e. The number of aliphatic hydroxyl groups is 6. The van der Waals surface area contributed by atoms with Crippen molar-refractivity contribution in [2.75, 3.05) is 13.2 Å². The van der Waals surface area contributed by atoms with Crippen LogP contribution < -0.4 is 0 Å². The van der Waals surface area contributed by atoms with E-state index in [1.165, 1.54) is 6.92 Å². The highest BCUT2D eigenvalue weighted by Crippen LogP contribution is 2.34. The lowest BCUT2D eigenvalue weighted by molar-refractivity contribution is -0.351. The van der Waals surface area contributed by atoms with Crippen LogP contribution in [0.3, 0.4) is 0 Å². The van der Waals surface area contributed by atoms with Crippen LogP contribution in [-0.2, 0) is 4.74 Å². The van der Waals surface area contributed by atoms with Crippen molar-refractivity contribution in [3.05, 3.63) is 0 Å². The summed E-state index contributed by atoms with van der Waals surface area (Å²) < 4.78 is 4.96. The van der Waals surface area contributed by atoms with Gasteiger partial charge in [0.15, 0.2) is 5.79 Å². The van der Waals surface area contributed by atoms with Crippen LogP contribution in [0, 0.1) is 5.92 Å². The number of hydrogen-bond acceptors (Lipinski definition) is 7. The Hall–Kier alpha value is -0.280. The summed E-state index contributed by atoms with van der Waals surface area (Å²) in [4.78, 5) is 0. The van der Waals surface area contributed by atoms with Crippen molar-refractivity contribution in [1.82, 2.24) is 0 Å². The molecule has 0 saturated carbocycles. The lowest BCUT2D eigenvalue weighted by atomic mass is 9.82. The zero-order chi connectivity index (χ0) is 13.2. The SMILES string of the molecule is CC(O)C(CCO)[C@@]1(O)OC[C@@H](O)[C@H](O)[C@H]1O. The highest BCUT2D eigenvalue weighted by atomic mass is 16.6. The molecule has 0 amide bonds. The lowest BCUT2D eigenvalue weighted by Gasteiger charge is -2.46. The molecule has 7 heteroatoms. The second kappa shape index (κ2) is 5.57. The van der Waals surface area contributed by atoms with Gasteiger partial charge >= 0.3 is 0 Å². The van der Waals surface area contributed by atoms with Gasteiger partial charge in [-0.05, 0) is 13.3 Å². The van der Waals surface area contributed by atoms with E-state index in [2.05, 4.69) is 0 Å². The summed E-state index contributed by atoms with van der Waals surface area (Å²) in [6, 6.07) is 0. The third-order valence-corrected chi connectivity index (χ3v) is 3.18. The third-order valence-electron chi connectivity index (χ3n) is 3.18. The zero-order valence-corrected chi connectivity index (χ0v) is 9.60. The van der Waals surface area contributed by atoms with Crippen molar-refractivity contribution in [2.24, 2.45) is 5.92 Å². The molecule has 7 nitrogen and oxygen atoms in total. The fourth-order valence-corrected chi connectivity index (χ4v) is 2.12. The van der Waals surface area contributed by atoms with Gasteiger partial charge in [-0.15, -0.1) is 0 Å². The second-order valence-corrected chi connectivity index (χ2v) is 4.43. The smallest absolute Gasteiger partial charge is 0.200 e. The summed E-state index contributed by atoms with van der Waals surface area (Å²) >= 11 is 0. The number of hydrogen-bond donors (Lipinski definition) is 6. The highest BCUT2D eigenvalue weighted by molar-refractivity contribution is 4.96. The van der Waals surface area contributed by atoms with Gasteiger partial charge in [-0.2, -0.15) is 0 Å². The average molecular weight is 252 g/mol. The van der Waals surface area contributed by atoms with Crippen molar-refractivity contribution in [1.29, 1.82) is 0 Å². The van der Waals surface area contributed by atoms with E-state index < -0.39 is 36.1 Å². The predicted octanol–water partition coefficient (Wildman–Crippen LogP) is -2.83. The normalized spacial score (nSPS) is 42.2. The largest absolute Gasteiger partial charge is 0.396 e. The molecule has 0 aromatic rings. The molecule has 0 radical (unpaired) electrons. The molecule has 1 saturated heterocycles. The summed E-state index contributed by atoms with van der Waals surface area (Å²) in [5.74, 6) is -3.15. The molecule has 1 heterocycles. The molecule has 0 aliphatic carbocycles. The van der Waals surface area contributed by atoms with Gasteiger partial charge in [-0.3, -0.25) is 0 Å². The molecule has 0 aromatic heterocycles. The Morgan fingerprint density at radius 2 is 1.94 bits per heavy atom. The van der Waals surface area contributed by atoms with E-state index in [4.69, 9.17) is 9.84 Å². The Bertz CT molecular complexity index is 247. The minimum absolute atomic E-state index is 0.00591. The summed E-state index contributed by atoms with van der Waals surface area (Å²) in [6.07, 6.45) is -5.67. The van der Waals surface area contributed by atoms with E-state index in [9.17, 15) is 25.5 Å². The van der Waals surface area contributed by atoms with E-state index >= 15 is 0 Å². The monoisotopic (exact) mass is 252 g/mol. The van der Waals surface area contributed by atoms with Crippen LogP contribution in [0.25, 0.3) is 0 Å². The van der Waals surface area contributed by atoms with Crippen molar-refractivity contribution < 1.29 is 35.4 Å². The molecule has 1 aliphatic rings. The zero-order valence-electron chi connectivity index (χ0n) is 9.60. The Morgan fingerprint density at radius 3 is 2.41 bits per heavy atom. The molecule has 0 spiro atoms. The van der Waals surface area contributed by atoms with Gasteiger partial charge in [-0.1, -0.05) is 0 Å². The first-order valence-electron chi connectivity index (χ1n) is 5.54. The highest BCUT2D eigenvalue weighted by Gasteiger charge is 2.53.